The zero-order chi connectivity index (χ0) is 31.5. The molecule has 0 aromatic rings. The van der Waals surface area contributed by atoms with E-state index in [1.807, 2.05) is 0 Å². The molecule has 0 spiro atoms. The Morgan fingerprint density at radius 3 is 1.10 bits per heavy atom. The van der Waals surface area contributed by atoms with E-state index >= 15 is 0 Å². The van der Waals surface area contributed by atoms with E-state index in [0.717, 1.165) is 38.5 Å². The van der Waals surface area contributed by atoms with Crippen molar-refractivity contribution in [3.8, 4) is 0 Å². The average Bonchev–Trinajstić information content (AvgIpc) is 2.78. The molecule has 0 aliphatic carbocycles. The van der Waals surface area contributed by atoms with Crippen molar-refractivity contribution in [2.45, 2.75) is 102 Å². The molecule has 0 aliphatic heterocycles. The number of esters is 2. The molecule has 0 bridgehead atoms. The molecular weight excluding hydrogens is 622 g/mol. The van der Waals surface area contributed by atoms with Crippen LogP contribution in [0.1, 0.15) is 91.9 Å². The Morgan fingerprint density at radius 1 is 0.595 bits per heavy atom. The fourth-order valence-electron chi connectivity index (χ4n) is 3.12. The number of carbonyl (C=O) groups is 4. The molecule has 236 valence electrons. The average molecular weight is 665 g/mol. The van der Waals surface area contributed by atoms with Gasteiger partial charge in [-0.15, -0.1) is 0 Å². The largest absolute Gasteiger partial charge is 1.00 e. The van der Waals surface area contributed by atoms with Crippen LogP contribution in [0, 0.1) is 11.8 Å². The first-order valence-corrected chi connectivity index (χ1v) is 15.9. The summed E-state index contributed by atoms with van der Waals surface area (Å²) in [6, 6.07) is 0. The predicted octanol–water partition coefficient (Wildman–Crippen LogP) is -5.71. The molecule has 0 aliphatic rings. The third kappa shape index (κ3) is 28.5. The maximum atomic E-state index is 11.4. The van der Waals surface area contributed by atoms with E-state index in [9.17, 15) is 46.2 Å². The molecule has 0 saturated heterocycles. The fraction of sp³-hybridized carbons (Fsp3) is 0.833. The molecule has 42 heavy (non-hydrogen) atoms. The van der Waals surface area contributed by atoms with Crippen LogP contribution >= 0.6 is 0 Å². The van der Waals surface area contributed by atoms with Crippen LogP contribution in [0.25, 0.3) is 0 Å². The van der Waals surface area contributed by atoms with Gasteiger partial charge in [-0.2, -0.15) is 16.8 Å². The van der Waals surface area contributed by atoms with Gasteiger partial charge in [-0.25, -0.2) is 0 Å². The van der Waals surface area contributed by atoms with Crippen molar-refractivity contribution >= 4 is 44.1 Å². The van der Waals surface area contributed by atoms with Gasteiger partial charge in [0.2, 0.25) is 0 Å². The van der Waals surface area contributed by atoms with E-state index in [0.29, 0.717) is 24.7 Å². The monoisotopic (exact) mass is 664 g/mol. The minimum Gasteiger partial charge on any atom is -0.550 e. The summed E-state index contributed by atoms with van der Waals surface area (Å²) in [6.45, 7) is 8.37. The van der Waals surface area contributed by atoms with Crippen molar-refractivity contribution in [1.29, 1.82) is 0 Å². The number of ether oxygens (including phenoxy) is 2. The second-order valence-corrected chi connectivity index (χ2v) is 13.2. The van der Waals surface area contributed by atoms with E-state index in [1.54, 1.807) is 0 Å². The molecule has 18 heteroatoms. The molecule has 0 aromatic heterocycles. The Morgan fingerprint density at radius 2 is 0.881 bits per heavy atom. The van der Waals surface area contributed by atoms with Crippen LogP contribution < -0.4 is 69.3 Å². The van der Waals surface area contributed by atoms with Gasteiger partial charge in [-0.1, -0.05) is 66.2 Å². The number of rotatable bonds is 20. The maximum Gasteiger partial charge on any atom is 1.00 e. The van der Waals surface area contributed by atoms with Gasteiger partial charge in [0.25, 0.3) is 20.2 Å². The molecule has 0 amide bonds. The predicted molar refractivity (Wildman–Crippen MR) is 138 cm³/mol. The number of carbonyl (C=O) groups excluding carboxylic acids is 4. The summed E-state index contributed by atoms with van der Waals surface area (Å²) >= 11 is 0. The van der Waals surface area contributed by atoms with Gasteiger partial charge >= 0.3 is 71.1 Å². The van der Waals surface area contributed by atoms with E-state index < -0.39 is 67.5 Å². The van der Waals surface area contributed by atoms with E-state index in [2.05, 4.69) is 37.2 Å². The van der Waals surface area contributed by atoms with Gasteiger partial charge in [0.15, 0.2) is 10.5 Å². The van der Waals surface area contributed by atoms with Crippen LogP contribution in [0.2, 0.25) is 0 Å². The number of hydrogen-bond donors (Lipinski definition) is 2. The Balaban J connectivity index is -0.000000328. The third-order valence-electron chi connectivity index (χ3n) is 5.29. The summed E-state index contributed by atoms with van der Waals surface area (Å²) in [6.07, 6.45) is 4.55. The molecule has 2 N–H and O–H groups in total. The van der Waals surface area contributed by atoms with Gasteiger partial charge in [0.05, 0.1) is 13.2 Å². The van der Waals surface area contributed by atoms with Crippen molar-refractivity contribution < 1.29 is 124 Å². The van der Waals surface area contributed by atoms with Gasteiger partial charge in [0, 0.05) is 24.8 Å². The molecule has 0 radical (unpaired) electrons. The topological polar surface area (TPSA) is 242 Å². The number of aliphatic carboxylic acids is 2. The first-order valence-electron chi connectivity index (χ1n) is 12.9. The van der Waals surface area contributed by atoms with Crippen molar-refractivity contribution in [3.63, 3.8) is 0 Å². The number of unbranched alkanes of at least 4 members (excludes halogenated alkanes) is 4. The summed E-state index contributed by atoms with van der Waals surface area (Å²) in [4.78, 5) is 43.5. The number of carboxylic acids is 2. The molecule has 0 fully saturated rings. The maximum absolute atomic E-state index is 11.4. The zero-order valence-corrected chi connectivity index (χ0v) is 31.0. The second kappa shape index (κ2) is 26.0. The van der Waals surface area contributed by atoms with E-state index in [4.69, 9.17) is 9.11 Å². The Labute approximate surface area is 293 Å². The van der Waals surface area contributed by atoms with Gasteiger partial charge in [-0.3, -0.25) is 18.7 Å². The van der Waals surface area contributed by atoms with Crippen LogP contribution in [0.4, 0.5) is 0 Å². The minimum absolute atomic E-state index is 0. The zero-order valence-electron chi connectivity index (χ0n) is 25.4. The minimum atomic E-state index is -4.81. The summed E-state index contributed by atoms with van der Waals surface area (Å²) < 4.78 is 70.4. The van der Waals surface area contributed by atoms with Crippen molar-refractivity contribution in [2.24, 2.45) is 11.8 Å². The SMILES string of the molecule is CC(C)CCCCCOC(=O)C(CC(=O)[O-])S(=O)(=O)O.CC(C)CCCCCOC(=O)C(CC(=O)[O-])S(=O)(=O)O.[Na+].[Na+]. The molecule has 0 heterocycles. The molecule has 0 saturated carbocycles. The summed E-state index contributed by atoms with van der Waals surface area (Å²) in [5, 5.41) is 16.4. The quantitative estimate of drug-likeness (QED) is 0.0534. The van der Waals surface area contributed by atoms with Crippen LogP contribution in [0.15, 0.2) is 0 Å². The van der Waals surface area contributed by atoms with Gasteiger partial charge in [-0.05, 0) is 24.7 Å². The van der Waals surface area contributed by atoms with Crippen molar-refractivity contribution in [1.82, 2.24) is 0 Å². The van der Waals surface area contributed by atoms with E-state index in [1.165, 1.54) is 0 Å². The molecule has 2 atom stereocenters. The van der Waals surface area contributed by atoms with Crippen LogP contribution in [0.5, 0.6) is 0 Å². The van der Waals surface area contributed by atoms with Crippen LogP contribution in [0.3, 0.4) is 0 Å². The van der Waals surface area contributed by atoms with Gasteiger partial charge in [0.1, 0.15) is 0 Å². The van der Waals surface area contributed by atoms with E-state index in [-0.39, 0.29) is 72.3 Å². The summed E-state index contributed by atoms with van der Waals surface area (Å²) in [7, 11) is -9.63. The standard InChI is InChI=1S/2C12H22O7S.2Na/c2*1-9(2)6-4-3-5-7-19-12(15)10(8-11(13)14)20(16,17)18;;/h2*9-10H,3-8H2,1-2H3,(H,13,14)(H,16,17,18);;/q;;2*+1/p-2. The Hall–Kier alpha value is -0.300. The normalized spacial score (nSPS) is 12.6. The molecule has 0 rings (SSSR count). The molecule has 2 unspecified atom stereocenters. The Kier molecular flexibility index (Phi) is 30.1. The smallest absolute Gasteiger partial charge is 0.550 e. The van der Waals surface area contributed by atoms with Crippen molar-refractivity contribution in [3.05, 3.63) is 0 Å². The van der Waals surface area contributed by atoms with Gasteiger partial charge < -0.3 is 29.3 Å². The molecule has 14 nitrogen and oxygen atoms in total. The summed E-state index contributed by atoms with van der Waals surface area (Å²) in [5.41, 5.74) is 0. The van der Waals surface area contributed by atoms with Crippen molar-refractivity contribution in [2.75, 3.05) is 13.2 Å². The number of carboxylic acid groups (broad SMARTS) is 2. The van der Waals surface area contributed by atoms with Crippen LogP contribution in [-0.2, 0) is 48.9 Å². The first-order chi connectivity index (χ1) is 18.3. The summed E-state index contributed by atoms with van der Waals surface area (Å²) in [5.74, 6) is -4.85. The molecule has 0 aromatic carbocycles. The fourth-order valence-corrected chi connectivity index (χ4v) is 4.43. The first kappa shape index (κ1) is 48.6. The van der Waals surface area contributed by atoms with Crippen LogP contribution in [-0.4, -0.2) is 73.5 Å². The second-order valence-electron chi connectivity index (χ2n) is 9.98. The Bertz CT molecular complexity index is 919. The third-order valence-corrected chi connectivity index (χ3v) is 7.45. The molecular formula is C24H42Na2O14S2. The number of hydrogen-bond acceptors (Lipinski definition) is 12.